The zero-order chi connectivity index (χ0) is 19.9. The number of nitrogens with one attached hydrogen (secondary N) is 1. The molecule has 6 nitrogen and oxygen atoms in total. The lowest BCUT2D eigenvalue weighted by Gasteiger charge is -2.36. The van der Waals surface area contributed by atoms with Crippen molar-refractivity contribution in [2.24, 2.45) is 0 Å². The van der Waals surface area contributed by atoms with Crippen molar-refractivity contribution in [1.82, 2.24) is 20.2 Å². The topological polar surface area (TPSA) is 61.4 Å². The SMILES string of the molecule is CCC1CCCCN1c1cc(C(=O)NCCN(C)C)nc(-c2ccccc2)n1. The first-order chi connectivity index (χ1) is 13.6. The molecule has 1 fully saturated rings. The molecule has 1 saturated heterocycles. The van der Waals surface area contributed by atoms with Crippen LogP contribution >= 0.6 is 0 Å². The van der Waals surface area contributed by atoms with E-state index in [1.807, 2.05) is 55.4 Å². The Kier molecular flexibility index (Phi) is 6.98. The van der Waals surface area contributed by atoms with Crippen LogP contribution in [0.3, 0.4) is 0 Å². The molecule has 0 radical (unpaired) electrons. The molecule has 1 aliphatic heterocycles. The van der Waals surface area contributed by atoms with E-state index in [0.717, 1.165) is 37.3 Å². The van der Waals surface area contributed by atoms with Crippen molar-refractivity contribution in [3.8, 4) is 11.4 Å². The van der Waals surface area contributed by atoms with Gasteiger partial charge in [-0.1, -0.05) is 37.3 Å². The van der Waals surface area contributed by atoms with Crippen LogP contribution in [0.4, 0.5) is 5.82 Å². The molecule has 3 rings (SSSR count). The fraction of sp³-hybridized carbons (Fsp3) is 0.500. The Bertz CT molecular complexity index is 778. The highest BCUT2D eigenvalue weighted by atomic mass is 16.1. The van der Waals surface area contributed by atoms with E-state index in [9.17, 15) is 4.79 Å². The van der Waals surface area contributed by atoms with Gasteiger partial charge in [0.2, 0.25) is 0 Å². The molecular formula is C22H31N5O. The number of piperidine rings is 1. The molecule has 150 valence electrons. The zero-order valence-corrected chi connectivity index (χ0v) is 17.2. The van der Waals surface area contributed by atoms with E-state index in [1.54, 1.807) is 0 Å². The van der Waals surface area contributed by atoms with Crippen LogP contribution in [0.25, 0.3) is 11.4 Å². The lowest BCUT2D eigenvalue weighted by Crippen LogP contribution is -2.40. The van der Waals surface area contributed by atoms with Crippen LogP contribution in [0.15, 0.2) is 36.4 Å². The van der Waals surface area contributed by atoms with Crippen LogP contribution in [-0.2, 0) is 0 Å². The summed E-state index contributed by atoms with van der Waals surface area (Å²) in [5.74, 6) is 1.32. The molecule has 1 aromatic heterocycles. The second-order valence-corrected chi connectivity index (χ2v) is 7.61. The Morgan fingerprint density at radius 1 is 1.21 bits per heavy atom. The number of amides is 1. The standard InChI is InChI=1S/C22H31N5O/c1-4-18-12-8-9-14-27(18)20-16-19(22(28)23-13-15-26(2)3)24-21(25-20)17-10-6-5-7-11-17/h5-7,10-11,16,18H,4,8-9,12-15H2,1-3H3,(H,23,28). The second-order valence-electron chi connectivity index (χ2n) is 7.61. The van der Waals surface area contributed by atoms with Gasteiger partial charge in [-0.05, 0) is 39.8 Å². The van der Waals surface area contributed by atoms with Crippen molar-refractivity contribution < 1.29 is 4.79 Å². The van der Waals surface area contributed by atoms with Crippen LogP contribution in [0.5, 0.6) is 0 Å². The van der Waals surface area contributed by atoms with Crippen molar-refractivity contribution in [2.45, 2.75) is 38.6 Å². The summed E-state index contributed by atoms with van der Waals surface area (Å²) in [7, 11) is 3.98. The van der Waals surface area contributed by atoms with E-state index in [1.165, 1.54) is 12.8 Å². The molecule has 1 atom stereocenters. The minimum Gasteiger partial charge on any atom is -0.354 e. The average Bonchev–Trinajstić information content (AvgIpc) is 2.73. The van der Waals surface area contributed by atoms with Gasteiger partial charge in [-0.2, -0.15) is 0 Å². The third kappa shape index (κ3) is 5.07. The predicted molar refractivity (Wildman–Crippen MR) is 114 cm³/mol. The first-order valence-electron chi connectivity index (χ1n) is 10.2. The van der Waals surface area contributed by atoms with Crippen LogP contribution in [0.1, 0.15) is 43.1 Å². The Morgan fingerprint density at radius 3 is 2.71 bits per heavy atom. The van der Waals surface area contributed by atoms with Gasteiger partial charge in [0, 0.05) is 37.3 Å². The normalized spacial score (nSPS) is 17.0. The summed E-state index contributed by atoms with van der Waals surface area (Å²) in [4.78, 5) is 26.6. The molecule has 28 heavy (non-hydrogen) atoms. The molecule has 6 heteroatoms. The summed E-state index contributed by atoms with van der Waals surface area (Å²) in [6.45, 7) is 4.58. The van der Waals surface area contributed by atoms with Crippen LogP contribution in [-0.4, -0.2) is 60.5 Å². The summed E-state index contributed by atoms with van der Waals surface area (Å²) < 4.78 is 0. The Morgan fingerprint density at radius 2 is 2.00 bits per heavy atom. The Labute approximate surface area is 168 Å². The van der Waals surface area contributed by atoms with E-state index in [4.69, 9.17) is 4.98 Å². The quantitative estimate of drug-likeness (QED) is 0.798. The number of likely N-dealkylation sites (N-methyl/N-ethyl adjacent to an activating group) is 1. The molecule has 1 unspecified atom stereocenters. The second kappa shape index (κ2) is 9.64. The smallest absolute Gasteiger partial charge is 0.270 e. The minimum atomic E-state index is -0.146. The van der Waals surface area contributed by atoms with E-state index in [-0.39, 0.29) is 5.91 Å². The highest BCUT2D eigenvalue weighted by Crippen LogP contribution is 2.27. The van der Waals surface area contributed by atoms with Gasteiger partial charge in [-0.25, -0.2) is 9.97 Å². The lowest BCUT2D eigenvalue weighted by molar-refractivity contribution is 0.0946. The molecule has 0 saturated carbocycles. The molecule has 1 amide bonds. The average molecular weight is 382 g/mol. The minimum absolute atomic E-state index is 0.146. The molecule has 0 aliphatic carbocycles. The summed E-state index contributed by atoms with van der Waals surface area (Å²) in [5, 5.41) is 2.97. The van der Waals surface area contributed by atoms with Crippen molar-refractivity contribution in [3.05, 3.63) is 42.1 Å². The summed E-state index contributed by atoms with van der Waals surface area (Å²) in [6, 6.07) is 12.2. The maximum absolute atomic E-state index is 12.8. The molecule has 1 aromatic carbocycles. The maximum Gasteiger partial charge on any atom is 0.270 e. The molecule has 1 aliphatic rings. The van der Waals surface area contributed by atoms with Crippen molar-refractivity contribution in [2.75, 3.05) is 38.6 Å². The summed E-state index contributed by atoms with van der Waals surface area (Å²) in [6.07, 6.45) is 4.66. The number of hydrogen-bond donors (Lipinski definition) is 1. The monoisotopic (exact) mass is 381 g/mol. The van der Waals surface area contributed by atoms with Crippen LogP contribution < -0.4 is 10.2 Å². The van der Waals surface area contributed by atoms with Gasteiger partial charge in [-0.15, -0.1) is 0 Å². The van der Waals surface area contributed by atoms with E-state index >= 15 is 0 Å². The summed E-state index contributed by atoms with van der Waals surface area (Å²) in [5.41, 5.74) is 1.36. The van der Waals surface area contributed by atoms with Gasteiger partial charge in [0.1, 0.15) is 11.5 Å². The number of anilines is 1. The first-order valence-corrected chi connectivity index (χ1v) is 10.2. The van der Waals surface area contributed by atoms with Gasteiger partial charge in [0.05, 0.1) is 0 Å². The van der Waals surface area contributed by atoms with Crippen molar-refractivity contribution in [1.29, 1.82) is 0 Å². The van der Waals surface area contributed by atoms with E-state index in [0.29, 0.717) is 24.1 Å². The first kappa shape index (κ1) is 20.3. The van der Waals surface area contributed by atoms with Gasteiger partial charge < -0.3 is 15.1 Å². The van der Waals surface area contributed by atoms with Gasteiger partial charge in [0.25, 0.3) is 5.91 Å². The van der Waals surface area contributed by atoms with Gasteiger partial charge in [0.15, 0.2) is 5.82 Å². The molecule has 0 spiro atoms. The lowest BCUT2D eigenvalue weighted by atomic mass is 10.00. The largest absolute Gasteiger partial charge is 0.354 e. The van der Waals surface area contributed by atoms with E-state index in [2.05, 4.69) is 22.1 Å². The number of rotatable bonds is 7. The van der Waals surface area contributed by atoms with Gasteiger partial charge >= 0.3 is 0 Å². The highest BCUT2D eigenvalue weighted by molar-refractivity contribution is 5.93. The van der Waals surface area contributed by atoms with Gasteiger partial charge in [-0.3, -0.25) is 4.79 Å². The predicted octanol–water partition coefficient (Wildman–Crippen LogP) is 3.20. The van der Waals surface area contributed by atoms with Crippen molar-refractivity contribution in [3.63, 3.8) is 0 Å². The number of carbonyl (C=O) groups excluding carboxylic acids is 1. The summed E-state index contributed by atoms with van der Waals surface area (Å²) >= 11 is 0. The Hall–Kier alpha value is -2.47. The van der Waals surface area contributed by atoms with E-state index < -0.39 is 0 Å². The molecule has 0 bridgehead atoms. The van der Waals surface area contributed by atoms with Crippen LogP contribution in [0, 0.1) is 0 Å². The number of nitrogens with zero attached hydrogens (tertiary/aromatic N) is 4. The number of aromatic nitrogens is 2. The molecule has 2 aromatic rings. The fourth-order valence-electron chi connectivity index (χ4n) is 3.62. The molecule has 2 heterocycles. The third-order valence-electron chi connectivity index (χ3n) is 5.21. The molecule has 1 N–H and O–H groups in total. The Balaban J connectivity index is 1.93. The maximum atomic E-state index is 12.8. The third-order valence-corrected chi connectivity index (χ3v) is 5.21. The number of benzene rings is 1. The zero-order valence-electron chi connectivity index (χ0n) is 17.2. The van der Waals surface area contributed by atoms with Crippen LogP contribution in [0.2, 0.25) is 0 Å². The van der Waals surface area contributed by atoms with Crippen molar-refractivity contribution >= 4 is 11.7 Å². The number of hydrogen-bond acceptors (Lipinski definition) is 5. The molecular weight excluding hydrogens is 350 g/mol. The highest BCUT2D eigenvalue weighted by Gasteiger charge is 2.24. The number of carbonyl (C=O) groups is 1. The fourth-order valence-corrected chi connectivity index (χ4v) is 3.62.